The number of pyridine rings is 1. The molecule has 3 nitrogen and oxygen atoms in total. The van der Waals surface area contributed by atoms with Crippen molar-refractivity contribution in [1.29, 1.82) is 0 Å². The zero-order chi connectivity index (χ0) is 13.0. The van der Waals surface area contributed by atoms with Gasteiger partial charge < -0.3 is 10.2 Å². The van der Waals surface area contributed by atoms with E-state index in [0.717, 1.165) is 30.8 Å². The Morgan fingerprint density at radius 2 is 2.00 bits per heavy atom. The van der Waals surface area contributed by atoms with Crippen LogP contribution in [0, 0.1) is 0 Å². The van der Waals surface area contributed by atoms with Gasteiger partial charge in [-0.2, -0.15) is 0 Å². The molecule has 0 aliphatic carbocycles. The van der Waals surface area contributed by atoms with Crippen LogP contribution >= 0.6 is 0 Å². The summed E-state index contributed by atoms with van der Waals surface area (Å²) >= 11 is 0. The fourth-order valence-electron chi connectivity index (χ4n) is 2.01. The normalized spacial score (nSPS) is 10.8. The summed E-state index contributed by atoms with van der Waals surface area (Å²) in [5.74, 6) is 1.02. The maximum absolute atomic E-state index is 4.66. The molecule has 0 atom stereocenters. The fourth-order valence-corrected chi connectivity index (χ4v) is 2.01. The predicted molar refractivity (Wildman–Crippen MR) is 78.1 cm³/mol. The lowest BCUT2D eigenvalue weighted by Gasteiger charge is -2.15. The first kappa shape index (κ1) is 12.8. The van der Waals surface area contributed by atoms with E-state index in [4.69, 9.17) is 0 Å². The number of benzene rings is 1. The molecule has 0 unspecified atom stereocenters. The monoisotopic (exact) mass is 243 g/mol. The molecule has 0 fully saturated rings. The van der Waals surface area contributed by atoms with Crippen molar-refractivity contribution in [1.82, 2.24) is 10.3 Å². The maximum atomic E-state index is 4.66. The highest BCUT2D eigenvalue weighted by atomic mass is 15.1. The molecule has 3 heteroatoms. The lowest BCUT2D eigenvalue weighted by molar-refractivity contribution is 0.677. The molecule has 96 valence electrons. The van der Waals surface area contributed by atoms with Crippen molar-refractivity contribution in [3.8, 4) is 0 Å². The van der Waals surface area contributed by atoms with E-state index in [9.17, 15) is 0 Å². The number of hydrogen-bond acceptors (Lipinski definition) is 3. The van der Waals surface area contributed by atoms with Crippen molar-refractivity contribution in [3.63, 3.8) is 0 Å². The molecule has 0 amide bonds. The van der Waals surface area contributed by atoms with Crippen LogP contribution in [0.2, 0.25) is 0 Å². The molecular weight excluding hydrogens is 222 g/mol. The molecule has 0 bridgehead atoms. The van der Waals surface area contributed by atoms with Gasteiger partial charge in [-0.05, 0) is 30.7 Å². The zero-order valence-corrected chi connectivity index (χ0v) is 11.4. The van der Waals surface area contributed by atoms with Gasteiger partial charge in [-0.1, -0.05) is 25.1 Å². The maximum Gasteiger partial charge on any atom is 0.129 e. The van der Waals surface area contributed by atoms with Crippen molar-refractivity contribution in [3.05, 3.63) is 35.9 Å². The molecule has 0 aliphatic heterocycles. The molecular formula is C15H21N3. The van der Waals surface area contributed by atoms with Crippen LogP contribution < -0.4 is 10.2 Å². The highest BCUT2D eigenvalue weighted by Crippen LogP contribution is 2.21. The third-order valence-electron chi connectivity index (χ3n) is 2.99. The second-order valence-corrected chi connectivity index (χ2v) is 4.73. The number of para-hydroxylation sites is 1. The van der Waals surface area contributed by atoms with E-state index < -0.39 is 0 Å². The largest absolute Gasteiger partial charge is 0.363 e. The first-order valence-electron chi connectivity index (χ1n) is 6.49. The van der Waals surface area contributed by atoms with Crippen LogP contribution in [0.25, 0.3) is 10.9 Å². The smallest absolute Gasteiger partial charge is 0.129 e. The summed E-state index contributed by atoms with van der Waals surface area (Å²) in [6.45, 7) is 4.13. The summed E-state index contributed by atoms with van der Waals surface area (Å²) in [4.78, 5) is 6.71. The second kappa shape index (κ2) is 5.83. The Morgan fingerprint density at radius 1 is 1.22 bits per heavy atom. The summed E-state index contributed by atoms with van der Waals surface area (Å²) in [5, 5.41) is 4.71. The van der Waals surface area contributed by atoms with E-state index in [1.54, 1.807) is 0 Å². The number of nitrogens with zero attached hydrogens (tertiary/aromatic N) is 2. The average Bonchev–Trinajstić information content (AvgIpc) is 2.38. The minimum Gasteiger partial charge on any atom is -0.363 e. The van der Waals surface area contributed by atoms with Crippen molar-refractivity contribution in [2.24, 2.45) is 0 Å². The van der Waals surface area contributed by atoms with Gasteiger partial charge in [0.05, 0.1) is 5.52 Å². The van der Waals surface area contributed by atoms with Gasteiger partial charge in [-0.3, -0.25) is 0 Å². The van der Waals surface area contributed by atoms with Crippen molar-refractivity contribution >= 4 is 16.7 Å². The Morgan fingerprint density at radius 3 is 2.72 bits per heavy atom. The number of nitrogens with one attached hydrogen (secondary N) is 1. The summed E-state index contributed by atoms with van der Waals surface area (Å²) < 4.78 is 0. The quantitative estimate of drug-likeness (QED) is 0.818. The van der Waals surface area contributed by atoms with E-state index >= 15 is 0 Å². The van der Waals surface area contributed by atoms with Crippen molar-refractivity contribution in [2.45, 2.75) is 19.9 Å². The topological polar surface area (TPSA) is 28.2 Å². The lowest BCUT2D eigenvalue weighted by Crippen LogP contribution is -2.16. The Hall–Kier alpha value is -1.61. The van der Waals surface area contributed by atoms with E-state index in [2.05, 4.69) is 46.4 Å². The minimum absolute atomic E-state index is 0.901. The Balaban J connectivity index is 2.40. The van der Waals surface area contributed by atoms with E-state index in [1.165, 1.54) is 10.9 Å². The fraction of sp³-hybridized carbons (Fsp3) is 0.400. The van der Waals surface area contributed by atoms with Gasteiger partial charge in [-0.25, -0.2) is 4.98 Å². The first-order chi connectivity index (χ1) is 8.72. The molecule has 2 aromatic rings. The van der Waals surface area contributed by atoms with Gasteiger partial charge in [0.25, 0.3) is 0 Å². The van der Waals surface area contributed by atoms with Crippen LogP contribution in [0.1, 0.15) is 18.9 Å². The third-order valence-corrected chi connectivity index (χ3v) is 2.99. The molecule has 0 saturated heterocycles. The summed E-state index contributed by atoms with van der Waals surface area (Å²) in [5.41, 5.74) is 2.38. The lowest BCUT2D eigenvalue weighted by atomic mass is 10.1. The third kappa shape index (κ3) is 2.79. The molecule has 1 aromatic carbocycles. The number of hydrogen-bond donors (Lipinski definition) is 1. The van der Waals surface area contributed by atoms with E-state index in [1.807, 2.05) is 20.2 Å². The van der Waals surface area contributed by atoms with Crippen LogP contribution in [0.15, 0.2) is 30.3 Å². The molecule has 0 saturated carbocycles. The molecule has 1 N–H and O–H groups in total. The molecule has 1 aromatic heterocycles. The van der Waals surface area contributed by atoms with Gasteiger partial charge in [0.15, 0.2) is 0 Å². The van der Waals surface area contributed by atoms with Crippen LogP contribution in [0.4, 0.5) is 5.82 Å². The van der Waals surface area contributed by atoms with Crippen LogP contribution in [0.5, 0.6) is 0 Å². The van der Waals surface area contributed by atoms with Crippen molar-refractivity contribution < 1.29 is 0 Å². The van der Waals surface area contributed by atoms with Gasteiger partial charge in [-0.15, -0.1) is 0 Å². The minimum atomic E-state index is 0.901. The standard InChI is InChI=1S/C15H21N3/c1-4-9-16-11-12-10-15(18(2)3)17-14-8-6-5-7-13(12)14/h5-8,10,16H,4,9,11H2,1-3H3. The van der Waals surface area contributed by atoms with Gasteiger partial charge in [0, 0.05) is 26.0 Å². The molecule has 0 spiro atoms. The molecule has 0 aliphatic rings. The zero-order valence-electron chi connectivity index (χ0n) is 11.4. The van der Waals surface area contributed by atoms with Crippen LogP contribution in [0.3, 0.4) is 0 Å². The number of fused-ring (bicyclic) bond motifs is 1. The van der Waals surface area contributed by atoms with E-state index in [-0.39, 0.29) is 0 Å². The Labute approximate surface area is 109 Å². The highest BCUT2D eigenvalue weighted by molar-refractivity contribution is 5.84. The van der Waals surface area contributed by atoms with Crippen LogP contribution in [-0.4, -0.2) is 25.6 Å². The molecule has 1 heterocycles. The number of aromatic nitrogens is 1. The van der Waals surface area contributed by atoms with Gasteiger partial charge in [0.2, 0.25) is 0 Å². The second-order valence-electron chi connectivity index (χ2n) is 4.73. The summed E-state index contributed by atoms with van der Waals surface area (Å²) in [7, 11) is 4.06. The van der Waals surface area contributed by atoms with Crippen LogP contribution in [-0.2, 0) is 6.54 Å². The number of anilines is 1. The SMILES string of the molecule is CCCNCc1cc(N(C)C)nc2ccccc12. The first-order valence-corrected chi connectivity index (χ1v) is 6.49. The average molecular weight is 243 g/mol. The molecule has 2 rings (SSSR count). The van der Waals surface area contributed by atoms with Gasteiger partial charge >= 0.3 is 0 Å². The highest BCUT2D eigenvalue weighted by Gasteiger charge is 2.06. The van der Waals surface area contributed by atoms with E-state index in [0.29, 0.717) is 0 Å². The Kier molecular flexibility index (Phi) is 4.15. The molecule has 0 radical (unpaired) electrons. The summed E-state index contributed by atoms with van der Waals surface area (Å²) in [6.07, 6.45) is 1.16. The predicted octanol–water partition coefficient (Wildman–Crippen LogP) is 2.80. The van der Waals surface area contributed by atoms with Crippen molar-refractivity contribution in [2.75, 3.05) is 25.5 Å². The summed E-state index contributed by atoms with van der Waals surface area (Å²) in [6, 6.07) is 10.5. The Bertz CT molecular complexity index is 520. The molecule has 18 heavy (non-hydrogen) atoms. The van der Waals surface area contributed by atoms with Gasteiger partial charge in [0.1, 0.15) is 5.82 Å². The number of rotatable bonds is 5.